The number of sulfonamides is 1. The van der Waals surface area contributed by atoms with Crippen molar-refractivity contribution < 1.29 is 18.3 Å². The SMILES string of the molecule is CC[C@@H](CNS(=O)(=O)c1ccc(N(C)C)cc1)CN(C(=O)O)C(C)(C)C. The first-order valence-corrected chi connectivity index (χ1v) is 10.1. The van der Waals surface area contributed by atoms with Gasteiger partial charge in [0, 0.05) is 38.4 Å². The predicted molar refractivity (Wildman–Crippen MR) is 104 cm³/mol. The first-order chi connectivity index (χ1) is 11.9. The van der Waals surface area contributed by atoms with Crippen LogP contribution in [0.3, 0.4) is 0 Å². The van der Waals surface area contributed by atoms with Gasteiger partial charge < -0.3 is 14.9 Å². The lowest BCUT2D eigenvalue weighted by Gasteiger charge is -2.35. The number of hydrogen-bond acceptors (Lipinski definition) is 4. The molecule has 1 aromatic rings. The van der Waals surface area contributed by atoms with E-state index in [1.165, 1.54) is 4.90 Å². The van der Waals surface area contributed by atoms with Crippen LogP contribution in [0.1, 0.15) is 34.1 Å². The number of nitrogens with one attached hydrogen (secondary N) is 1. The molecule has 7 nitrogen and oxygen atoms in total. The van der Waals surface area contributed by atoms with Crippen molar-refractivity contribution in [3.8, 4) is 0 Å². The fourth-order valence-electron chi connectivity index (χ4n) is 2.47. The normalized spacial score (nSPS) is 13.3. The largest absolute Gasteiger partial charge is 0.465 e. The summed E-state index contributed by atoms with van der Waals surface area (Å²) in [5, 5.41) is 9.41. The Labute approximate surface area is 157 Å². The average molecular weight is 386 g/mol. The zero-order chi connectivity index (χ0) is 20.1. The van der Waals surface area contributed by atoms with E-state index in [4.69, 9.17) is 0 Å². The summed E-state index contributed by atoms with van der Waals surface area (Å²) < 4.78 is 27.6. The lowest BCUT2D eigenvalue weighted by atomic mass is 10.0. The van der Waals surface area contributed by atoms with Gasteiger partial charge in [-0.15, -0.1) is 0 Å². The van der Waals surface area contributed by atoms with Gasteiger partial charge >= 0.3 is 6.09 Å². The van der Waals surface area contributed by atoms with Crippen LogP contribution < -0.4 is 9.62 Å². The van der Waals surface area contributed by atoms with Crippen molar-refractivity contribution >= 4 is 21.8 Å². The van der Waals surface area contributed by atoms with E-state index < -0.39 is 21.7 Å². The smallest absolute Gasteiger partial charge is 0.407 e. The van der Waals surface area contributed by atoms with Gasteiger partial charge in [0.25, 0.3) is 0 Å². The Morgan fingerprint density at radius 3 is 2.12 bits per heavy atom. The van der Waals surface area contributed by atoms with Crippen molar-refractivity contribution in [2.24, 2.45) is 5.92 Å². The van der Waals surface area contributed by atoms with Gasteiger partial charge in [0.15, 0.2) is 0 Å². The molecule has 2 N–H and O–H groups in total. The van der Waals surface area contributed by atoms with E-state index in [0.29, 0.717) is 6.42 Å². The third kappa shape index (κ3) is 6.17. The summed E-state index contributed by atoms with van der Waals surface area (Å²) in [6.45, 7) is 7.86. The number of amides is 1. The van der Waals surface area contributed by atoms with Crippen LogP contribution in [0.15, 0.2) is 29.2 Å². The highest BCUT2D eigenvalue weighted by Gasteiger charge is 2.28. The van der Waals surface area contributed by atoms with Gasteiger partial charge in [-0.25, -0.2) is 17.9 Å². The molecule has 1 amide bonds. The number of hydrogen-bond donors (Lipinski definition) is 2. The maximum absolute atomic E-state index is 12.5. The Kier molecular flexibility index (Phi) is 7.46. The van der Waals surface area contributed by atoms with Gasteiger partial charge in [-0.05, 0) is 51.0 Å². The summed E-state index contributed by atoms with van der Waals surface area (Å²) in [5.41, 5.74) is 0.373. The molecule has 0 spiro atoms. The topological polar surface area (TPSA) is 90.0 Å². The van der Waals surface area contributed by atoms with Gasteiger partial charge in [-0.2, -0.15) is 0 Å². The number of carbonyl (C=O) groups is 1. The average Bonchev–Trinajstić information content (AvgIpc) is 2.53. The maximum Gasteiger partial charge on any atom is 0.407 e. The minimum Gasteiger partial charge on any atom is -0.465 e. The van der Waals surface area contributed by atoms with E-state index >= 15 is 0 Å². The van der Waals surface area contributed by atoms with E-state index in [1.54, 1.807) is 24.3 Å². The zero-order valence-electron chi connectivity index (χ0n) is 16.5. The molecule has 0 saturated carbocycles. The first kappa shape index (κ1) is 22.2. The van der Waals surface area contributed by atoms with Crippen LogP contribution >= 0.6 is 0 Å². The van der Waals surface area contributed by atoms with Gasteiger partial charge in [-0.3, -0.25) is 0 Å². The van der Waals surface area contributed by atoms with Crippen LogP contribution in [0.25, 0.3) is 0 Å². The molecule has 0 aliphatic carbocycles. The summed E-state index contributed by atoms with van der Waals surface area (Å²) in [6.07, 6.45) is -0.333. The lowest BCUT2D eigenvalue weighted by Crippen LogP contribution is -2.48. The molecule has 0 aliphatic heterocycles. The maximum atomic E-state index is 12.5. The molecular formula is C18H31N3O4S. The van der Waals surface area contributed by atoms with Gasteiger partial charge in [0.1, 0.15) is 0 Å². The molecule has 8 heteroatoms. The van der Waals surface area contributed by atoms with Crippen molar-refractivity contribution in [2.75, 3.05) is 32.1 Å². The third-order valence-electron chi connectivity index (χ3n) is 4.28. The second kappa shape index (κ2) is 8.73. The van der Waals surface area contributed by atoms with Crippen LogP contribution in [-0.4, -0.2) is 57.2 Å². The molecule has 1 rings (SSSR count). The number of rotatable bonds is 8. The molecule has 0 aromatic heterocycles. The molecule has 0 heterocycles. The summed E-state index contributed by atoms with van der Waals surface area (Å²) >= 11 is 0. The van der Waals surface area contributed by atoms with Gasteiger partial charge in [-0.1, -0.05) is 13.3 Å². The summed E-state index contributed by atoms with van der Waals surface area (Å²) in [6, 6.07) is 6.63. The van der Waals surface area contributed by atoms with Crippen molar-refractivity contribution in [1.82, 2.24) is 9.62 Å². The summed E-state index contributed by atoms with van der Waals surface area (Å²) in [7, 11) is 0.138. The summed E-state index contributed by atoms with van der Waals surface area (Å²) in [4.78, 5) is 14.9. The van der Waals surface area contributed by atoms with Crippen molar-refractivity contribution in [1.29, 1.82) is 0 Å². The van der Waals surface area contributed by atoms with Crippen molar-refractivity contribution in [3.63, 3.8) is 0 Å². The van der Waals surface area contributed by atoms with Gasteiger partial charge in [0.05, 0.1) is 4.90 Å². The Morgan fingerprint density at radius 1 is 1.19 bits per heavy atom. The number of anilines is 1. The molecule has 0 radical (unpaired) electrons. The Balaban J connectivity index is 2.81. The molecule has 0 bridgehead atoms. The molecule has 1 aromatic carbocycles. The van der Waals surface area contributed by atoms with E-state index in [2.05, 4.69) is 4.72 Å². The van der Waals surface area contributed by atoms with Crippen LogP contribution in [-0.2, 0) is 10.0 Å². The molecular weight excluding hydrogens is 354 g/mol. The van der Waals surface area contributed by atoms with E-state index in [1.807, 2.05) is 46.7 Å². The molecule has 0 saturated heterocycles. The van der Waals surface area contributed by atoms with Crippen LogP contribution in [0.4, 0.5) is 10.5 Å². The second-order valence-corrected chi connectivity index (χ2v) is 9.35. The minimum atomic E-state index is -3.63. The van der Waals surface area contributed by atoms with E-state index in [9.17, 15) is 18.3 Å². The highest BCUT2D eigenvalue weighted by Crippen LogP contribution is 2.19. The fourth-order valence-corrected chi connectivity index (χ4v) is 3.59. The Bertz CT molecular complexity index is 694. The van der Waals surface area contributed by atoms with Gasteiger partial charge in [0.2, 0.25) is 10.0 Å². The highest BCUT2D eigenvalue weighted by atomic mass is 32.2. The zero-order valence-corrected chi connectivity index (χ0v) is 17.3. The third-order valence-corrected chi connectivity index (χ3v) is 5.72. The van der Waals surface area contributed by atoms with E-state index in [-0.39, 0.29) is 23.9 Å². The molecule has 1 atom stereocenters. The fraction of sp³-hybridized carbons (Fsp3) is 0.611. The van der Waals surface area contributed by atoms with Crippen molar-refractivity contribution in [2.45, 2.75) is 44.6 Å². The first-order valence-electron chi connectivity index (χ1n) is 8.66. The predicted octanol–water partition coefficient (Wildman–Crippen LogP) is 2.84. The monoisotopic (exact) mass is 385 g/mol. The lowest BCUT2D eigenvalue weighted by molar-refractivity contribution is 0.0886. The van der Waals surface area contributed by atoms with E-state index in [0.717, 1.165) is 5.69 Å². The minimum absolute atomic E-state index is 0.110. The second-order valence-electron chi connectivity index (χ2n) is 7.58. The quantitative estimate of drug-likeness (QED) is 0.718. The Hall–Kier alpha value is -1.80. The molecule has 0 fully saturated rings. The Morgan fingerprint density at radius 2 is 1.73 bits per heavy atom. The standard InChI is InChI=1S/C18H31N3O4S/c1-7-14(13-21(17(22)23)18(2,3)4)12-19-26(24,25)16-10-8-15(9-11-16)20(5)6/h8-11,14,19H,7,12-13H2,1-6H3,(H,22,23)/t14-/m0/s1. The van der Waals surface area contributed by atoms with Crippen LogP contribution in [0.5, 0.6) is 0 Å². The number of carboxylic acid groups (broad SMARTS) is 1. The molecule has 26 heavy (non-hydrogen) atoms. The van der Waals surface area contributed by atoms with Crippen LogP contribution in [0, 0.1) is 5.92 Å². The van der Waals surface area contributed by atoms with Crippen molar-refractivity contribution in [3.05, 3.63) is 24.3 Å². The molecule has 0 unspecified atom stereocenters. The number of nitrogens with zero attached hydrogens (tertiary/aromatic N) is 2. The summed E-state index contributed by atoms with van der Waals surface area (Å²) in [5.74, 6) is -0.110. The highest BCUT2D eigenvalue weighted by molar-refractivity contribution is 7.89. The van der Waals surface area contributed by atoms with Crippen LogP contribution in [0.2, 0.25) is 0 Å². The molecule has 148 valence electrons. The molecule has 0 aliphatic rings. The number of benzene rings is 1.